The van der Waals surface area contributed by atoms with Crippen molar-refractivity contribution in [3.8, 4) is 11.4 Å². The van der Waals surface area contributed by atoms with Gasteiger partial charge in [0.15, 0.2) is 0 Å². The van der Waals surface area contributed by atoms with Crippen LogP contribution in [-0.2, 0) is 0 Å². The normalized spacial score (nSPS) is 17.9. The fourth-order valence-corrected chi connectivity index (χ4v) is 3.38. The van der Waals surface area contributed by atoms with Crippen molar-refractivity contribution in [1.29, 1.82) is 0 Å². The molecule has 1 aromatic heterocycles. The number of aromatic nitrogens is 2. The smallest absolute Gasteiger partial charge is 0.250 e. The zero-order chi connectivity index (χ0) is 16.5. The SMILES string of the molecule is NC(=O)c1cccc2[nH]c(-c3ccc([C@H]4CCCCN4)cc3)nc12. The fourth-order valence-electron chi connectivity index (χ4n) is 3.38. The lowest BCUT2D eigenvalue weighted by molar-refractivity contribution is 0.100. The summed E-state index contributed by atoms with van der Waals surface area (Å²) >= 11 is 0. The number of carbonyl (C=O) groups excluding carboxylic acids is 1. The van der Waals surface area contributed by atoms with Gasteiger partial charge in [-0.1, -0.05) is 36.8 Å². The molecule has 1 aliphatic heterocycles. The van der Waals surface area contributed by atoms with Gasteiger partial charge in [0.2, 0.25) is 0 Å². The van der Waals surface area contributed by atoms with Gasteiger partial charge in [-0.15, -0.1) is 0 Å². The highest BCUT2D eigenvalue weighted by Gasteiger charge is 2.15. The van der Waals surface area contributed by atoms with Gasteiger partial charge in [0.1, 0.15) is 11.3 Å². The molecule has 5 nitrogen and oxygen atoms in total. The monoisotopic (exact) mass is 320 g/mol. The lowest BCUT2D eigenvalue weighted by Gasteiger charge is -2.23. The third-order valence-electron chi connectivity index (χ3n) is 4.67. The maximum absolute atomic E-state index is 11.5. The highest BCUT2D eigenvalue weighted by atomic mass is 16.1. The quantitative estimate of drug-likeness (QED) is 0.693. The van der Waals surface area contributed by atoms with Gasteiger partial charge < -0.3 is 16.0 Å². The molecule has 0 spiro atoms. The number of H-pyrrole nitrogens is 1. The molecule has 4 N–H and O–H groups in total. The van der Waals surface area contributed by atoms with Crippen molar-refractivity contribution < 1.29 is 4.79 Å². The Bertz CT molecular complexity index is 876. The molecule has 1 saturated heterocycles. The summed E-state index contributed by atoms with van der Waals surface area (Å²) in [4.78, 5) is 19.4. The average Bonchev–Trinajstić information content (AvgIpc) is 3.06. The first-order valence-corrected chi connectivity index (χ1v) is 8.34. The number of imidazole rings is 1. The molecule has 3 aromatic rings. The number of carbonyl (C=O) groups is 1. The van der Waals surface area contributed by atoms with Gasteiger partial charge in [-0.05, 0) is 37.1 Å². The topological polar surface area (TPSA) is 83.8 Å². The van der Waals surface area contributed by atoms with E-state index in [0.717, 1.165) is 23.4 Å². The van der Waals surface area contributed by atoms with Gasteiger partial charge in [0.05, 0.1) is 11.1 Å². The third kappa shape index (κ3) is 2.67. The van der Waals surface area contributed by atoms with Crippen molar-refractivity contribution in [2.75, 3.05) is 6.54 Å². The van der Waals surface area contributed by atoms with E-state index in [9.17, 15) is 4.79 Å². The van der Waals surface area contributed by atoms with Gasteiger partial charge in [-0.2, -0.15) is 0 Å². The Morgan fingerprint density at radius 2 is 1.96 bits per heavy atom. The van der Waals surface area contributed by atoms with Crippen LogP contribution in [0.3, 0.4) is 0 Å². The minimum absolute atomic E-state index is 0.443. The molecule has 1 fully saturated rings. The van der Waals surface area contributed by atoms with Crippen LogP contribution >= 0.6 is 0 Å². The second-order valence-corrected chi connectivity index (χ2v) is 6.28. The summed E-state index contributed by atoms with van der Waals surface area (Å²) in [5.41, 5.74) is 9.63. The first-order valence-electron chi connectivity index (χ1n) is 8.34. The van der Waals surface area contributed by atoms with Crippen LogP contribution in [0.5, 0.6) is 0 Å². The Morgan fingerprint density at radius 1 is 1.12 bits per heavy atom. The van der Waals surface area contributed by atoms with Crippen LogP contribution in [0.2, 0.25) is 0 Å². The number of nitrogens with two attached hydrogens (primary N) is 1. The number of hydrogen-bond acceptors (Lipinski definition) is 3. The highest BCUT2D eigenvalue weighted by Crippen LogP contribution is 2.27. The van der Waals surface area contributed by atoms with E-state index in [1.807, 2.05) is 12.1 Å². The molecule has 1 atom stereocenters. The van der Waals surface area contributed by atoms with Crippen LogP contribution < -0.4 is 11.1 Å². The number of piperidine rings is 1. The number of amides is 1. The summed E-state index contributed by atoms with van der Waals surface area (Å²) in [5.74, 6) is 0.291. The Balaban J connectivity index is 1.67. The standard InChI is InChI=1S/C19H20N4O/c20-18(24)14-4-3-6-16-17(14)23-19(22-16)13-9-7-12(8-10-13)15-5-1-2-11-21-15/h3-4,6-10,15,21H,1-2,5,11H2,(H2,20,24)(H,22,23)/t15-/m1/s1. The molecular formula is C19H20N4O. The highest BCUT2D eigenvalue weighted by molar-refractivity contribution is 6.04. The van der Waals surface area contributed by atoms with Crippen molar-refractivity contribution >= 4 is 16.9 Å². The van der Waals surface area contributed by atoms with Gasteiger partial charge in [-0.25, -0.2) is 4.98 Å². The first kappa shape index (κ1) is 14.9. The molecule has 122 valence electrons. The first-order chi connectivity index (χ1) is 11.7. The van der Waals surface area contributed by atoms with E-state index in [0.29, 0.717) is 17.1 Å². The van der Waals surface area contributed by atoms with E-state index < -0.39 is 5.91 Å². The van der Waals surface area contributed by atoms with Crippen molar-refractivity contribution in [2.24, 2.45) is 5.73 Å². The van der Waals surface area contributed by atoms with Gasteiger partial charge in [0, 0.05) is 11.6 Å². The molecule has 2 aromatic carbocycles. The zero-order valence-corrected chi connectivity index (χ0v) is 13.4. The van der Waals surface area contributed by atoms with Crippen LogP contribution in [0.15, 0.2) is 42.5 Å². The van der Waals surface area contributed by atoms with E-state index in [2.05, 4.69) is 39.6 Å². The van der Waals surface area contributed by atoms with E-state index in [1.165, 1.54) is 24.8 Å². The van der Waals surface area contributed by atoms with E-state index >= 15 is 0 Å². The van der Waals surface area contributed by atoms with Crippen molar-refractivity contribution in [3.63, 3.8) is 0 Å². The van der Waals surface area contributed by atoms with E-state index in [4.69, 9.17) is 5.73 Å². The Hall–Kier alpha value is -2.66. The second-order valence-electron chi connectivity index (χ2n) is 6.28. The van der Waals surface area contributed by atoms with E-state index in [1.54, 1.807) is 6.07 Å². The molecule has 2 heterocycles. The molecule has 4 rings (SSSR count). The third-order valence-corrected chi connectivity index (χ3v) is 4.67. The summed E-state index contributed by atoms with van der Waals surface area (Å²) in [7, 11) is 0. The van der Waals surface area contributed by atoms with Gasteiger partial charge >= 0.3 is 0 Å². The number of benzene rings is 2. The van der Waals surface area contributed by atoms with Crippen LogP contribution in [0.1, 0.15) is 41.2 Å². The molecule has 0 saturated carbocycles. The Kier molecular flexibility index (Phi) is 3.78. The Labute approximate surface area is 140 Å². The van der Waals surface area contributed by atoms with Crippen LogP contribution in [0.25, 0.3) is 22.4 Å². The molecule has 24 heavy (non-hydrogen) atoms. The summed E-state index contributed by atoms with van der Waals surface area (Å²) in [6.07, 6.45) is 3.72. The number of primary amides is 1. The molecule has 1 amide bonds. The number of rotatable bonds is 3. The van der Waals surface area contributed by atoms with Gasteiger partial charge in [-0.3, -0.25) is 4.79 Å². The minimum Gasteiger partial charge on any atom is -0.366 e. The summed E-state index contributed by atoms with van der Waals surface area (Å²) in [6, 6.07) is 14.3. The number of aromatic amines is 1. The number of hydrogen-bond donors (Lipinski definition) is 3. The number of para-hydroxylation sites is 1. The van der Waals surface area contributed by atoms with Crippen LogP contribution in [0.4, 0.5) is 0 Å². The maximum atomic E-state index is 11.5. The van der Waals surface area contributed by atoms with Crippen molar-refractivity contribution in [3.05, 3.63) is 53.6 Å². The minimum atomic E-state index is -0.461. The summed E-state index contributed by atoms with van der Waals surface area (Å²) in [6.45, 7) is 1.09. The Morgan fingerprint density at radius 3 is 2.67 bits per heavy atom. The number of fused-ring (bicyclic) bond motifs is 1. The van der Waals surface area contributed by atoms with Crippen molar-refractivity contribution in [2.45, 2.75) is 25.3 Å². The molecule has 1 aliphatic rings. The number of nitrogens with zero attached hydrogens (tertiary/aromatic N) is 1. The largest absolute Gasteiger partial charge is 0.366 e. The fraction of sp³-hybridized carbons (Fsp3) is 0.263. The lowest BCUT2D eigenvalue weighted by atomic mass is 9.97. The van der Waals surface area contributed by atoms with Crippen LogP contribution in [-0.4, -0.2) is 22.4 Å². The van der Waals surface area contributed by atoms with Gasteiger partial charge in [0.25, 0.3) is 5.91 Å². The van der Waals surface area contributed by atoms with Crippen LogP contribution in [0, 0.1) is 0 Å². The van der Waals surface area contributed by atoms with Crippen molar-refractivity contribution in [1.82, 2.24) is 15.3 Å². The predicted molar refractivity (Wildman–Crippen MR) is 94.6 cm³/mol. The predicted octanol–water partition coefficient (Wildman–Crippen LogP) is 3.14. The van der Waals surface area contributed by atoms with E-state index in [-0.39, 0.29) is 0 Å². The molecule has 0 bridgehead atoms. The molecule has 5 heteroatoms. The molecule has 0 radical (unpaired) electrons. The lowest BCUT2D eigenvalue weighted by Crippen LogP contribution is -2.26. The summed E-state index contributed by atoms with van der Waals surface area (Å²) < 4.78 is 0. The maximum Gasteiger partial charge on any atom is 0.250 e. The zero-order valence-electron chi connectivity index (χ0n) is 13.4. The summed E-state index contributed by atoms with van der Waals surface area (Å²) in [5, 5.41) is 3.56. The molecule has 0 aliphatic carbocycles. The number of nitrogens with one attached hydrogen (secondary N) is 2. The molecular weight excluding hydrogens is 300 g/mol. The average molecular weight is 320 g/mol. The second kappa shape index (κ2) is 6.09. The molecule has 0 unspecified atom stereocenters.